The molecule has 1 aromatic heterocycles. The first-order valence-corrected chi connectivity index (χ1v) is 12.6. The standard InChI is InChI=1S/C14H26IN3O3SSi/c1-14(2,3)23(6,7)21-9-8-12(15)13-10-18(11-16-13)22(19,20)17(4)5/h8,10-11H,9H2,1-7H3/b12-8-. The quantitative estimate of drug-likeness (QED) is 0.472. The lowest BCUT2D eigenvalue weighted by Crippen LogP contribution is -2.40. The van der Waals surface area contributed by atoms with E-state index in [1.165, 1.54) is 26.6 Å². The highest BCUT2D eigenvalue weighted by Gasteiger charge is 2.36. The molecule has 0 atom stereocenters. The Morgan fingerprint density at radius 1 is 1.43 bits per heavy atom. The summed E-state index contributed by atoms with van der Waals surface area (Å²) in [6.07, 6.45) is 4.77. The van der Waals surface area contributed by atoms with Gasteiger partial charge in [0.1, 0.15) is 6.33 Å². The fraction of sp³-hybridized carbons (Fsp3) is 0.643. The number of imidazole rings is 1. The first-order valence-electron chi connectivity index (χ1n) is 7.26. The van der Waals surface area contributed by atoms with Gasteiger partial charge in [-0.05, 0) is 46.8 Å². The molecule has 0 unspecified atom stereocenters. The van der Waals surface area contributed by atoms with Crippen molar-refractivity contribution < 1.29 is 12.8 Å². The van der Waals surface area contributed by atoms with Crippen molar-refractivity contribution in [1.82, 2.24) is 13.3 Å². The molecule has 1 rings (SSSR count). The fourth-order valence-electron chi connectivity index (χ4n) is 1.39. The molecule has 0 amide bonds. The van der Waals surface area contributed by atoms with Crippen molar-refractivity contribution in [1.29, 1.82) is 0 Å². The van der Waals surface area contributed by atoms with Crippen LogP contribution in [0.5, 0.6) is 0 Å². The van der Waals surface area contributed by atoms with Gasteiger partial charge in [0.2, 0.25) is 0 Å². The van der Waals surface area contributed by atoms with Gasteiger partial charge in [0.25, 0.3) is 0 Å². The summed E-state index contributed by atoms with van der Waals surface area (Å²) in [7, 11) is -2.33. The molecule has 1 aromatic rings. The van der Waals surface area contributed by atoms with Crippen LogP contribution in [-0.4, -0.2) is 50.7 Å². The summed E-state index contributed by atoms with van der Waals surface area (Å²) in [5.41, 5.74) is 0.620. The summed E-state index contributed by atoms with van der Waals surface area (Å²) in [5.74, 6) is 0. The molecule has 9 heteroatoms. The summed E-state index contributed by atoms with van der Waals surface area (Å²) < 4.78 is 33.3. The molecule has 0 aromatic carbocycles. The van der Waals surface area contributed by atoms with Gasteiger partial charge in [0, 0.05) is 23.9 Å². The van der Waals surface area contributed by atoms with Crippen LogP contribution in [0.25, 0.3) is 3.58 Å². The van der Waals surface area contributed by atoms with Gasteiger partial charge in [-0.15, -0.1) is 0 Å². The number of hydrogen-bond donors (Lipinski definition) is 0. The molecule has 0 saturated heterocycles. The van der Waals surface area contributed by atoms with Gasteiger partial charge in [-0.2, -0.15) is 12.7 Å². The predicted octanol–water partition coefficient (Wildman–Crippen LogP) is 3.34. The zero-order valence-corrected chi connectivity index (χ0v) is 18.8. The van der Waals surface area contributed by atoms with Crippen LogP contribution in [0.1, 0.15) is 26.5 Å². The maximum atomic E-state index is 12.0. The van der Waals surface area contributed by atoms with E-state index in [1.807, 2.05) is 6.08 Å². The van der Waals surface area contributed by atoms with Crippen molar-refractivity contribution in [2.75, 3.05) is 20.7 Å². The normalized spacial score (nSPS) is 14.6. The van der Waals surface area contributed by atoms with Crippen LogP contribution in [0, 0.1) is 0 Å². The van der Waals surface area contributed by atoms with Crippen LogP contribution < -0.4 is 0 Å². The predicted molar refractivity (Wildman–Crippen MR) is 105 cm³/mol. The lowest BCUT2D eigenvalue weighted by molar-refractivity contribution is 0.328. The fourth-order valence-corrected chi connectivity index (χ4v) is 3.56. The van der Waals surface area contributed by atoms with E-state index in [9.17, 15) is 8.42 Å². The van der Waals surface area contributed by atoms with Crippen molar-refractivity contribution in [3.63, 3.8) is 0 Å². The maximum Gasteiger partial charge on any atom is 0.308 e. The number of halogens is 1. The molecule has 6 nitrogen and oxygen atoms in total. The highest BCUT2D eigenvalue weighted by atomic mass is 127. The molecule has 0 aliphatic carbocycles. The molecule has 1 heterocycles. The Kier molecular flexibility index (Phi) is 6.64. The Morgan fingerprint density at radius 2 is 2.00 bits per heavy atom. The van der Waals surface area contributed by atoms with E-state index in [-0.39, 0.29) is 5.04 Å². The molecule has 0 saturated carbocycles. The van der Waals surface area contributed by atoms with E-state index >= 15 is 0 Å². The Balaban J connectivity index is 2.84. The van der Waals surface area contributed by atoms with E-state index in [2.05, 4.69) is 61.4 Å². The van der Waals surface area contributed by atoms with Gasteiger partial charge in [0.15, 0.2) is 8.32 Å². The lowest BCUT2D eigenvalue weighted by Gasteiger charge is -2.35. The minimum atomic E-state index is -3.52. The van der Waals surface area contributed by atoms with Crippen LogP contribution in [0.2, 0.25) is 18.1 Å². The number of nitrogens with zero attached hydrogens (tertiary/aromatic N) is 3. The van der Waals surface area contributed by atoms with Crippen molar-refractivity contribution in [2.45, 2.75) is 38.9 Å². The molecule has 0 bridgehead atoms. The van der Waals surface area contributed by atoms with Crippen LogP contribution in [0.4, 0.5) is 0 Å². The number of aromatic nitrogens is 2. The van der Waals surface area contributed by atoms with E-state index in [0.29, 0.717) is 12.3 Å². The van der Waals surface area contributed by atoms with E-state index in [1.54, 1.807) is 0 Å². The van der Waals surface area contributed by atoms with Gasteiger partial charge in [0.05, 0.1) is 12.3 Å². The maximum absolute atomic E-state index is 12.0. The van der Waals surface area contributed by atoms with Gasteiger partial charge >= 0.3 is 10.2 Å². The van der Waals surface area contributed by atoms with Gasteiger partial charge < -0.3 is 4.43 Å². The molecule has 0 radical (unpaired) electrons. The number of hydrogen-bond acceptors (Lipinski definition) is 4. The third-order valence-corrected chi connectivity index (χ3v) is 11.2. The Morgan fingerprint density at radius 3 is 2.48 bits per heavy atom. The first kappa shape index (κ1) is 20.8. The second kappa shape index (κ2) is 7.34. The van der Waals surface area contributed by atoms with Crippen molar-refractivity contribution in [3.05, 3.63) is 24.3 Å². The highest BCUT2D eigenvalue weighted by Crippen LogP contribution is 2.36. The summed E-state index contributed by atoms with van der Waals surface area (Å²) in [5, 5.41) is 0.160. The SMILES string of the molecule is CN(C)S(=O)(=O)n1cnc(/C(I)=C/CO[Si](C)(C)C(C)(C)C)c1. The van der Waals surface area contributed by atoms with E-state index in [0.717, 1.165) is 11.9 Å². The molecular weight excluding hydrogens is 445 g/mol. The van der Waals surface area contributed by atoms with Crippen LogP contribution in [0.15, 0.2) is 18.6 Å². The Labute approximate surface area is 154 Å². The zero-order chi connectivity index (χ0) is 18.1. The molecule has 0 fully saturated rings. The largest absolute Gasteiger partial charge is 0.413 e. The highest BCUT2D eigenvalue weighted by molar-refractivity contribution is 14.1. The van der Waals surface area contributed by atoms with Crippen LogP contribution in [-0.2, 0) is 14.6 Å². The lowest BCUT2D eigenvalue weighted by atomic mass is 10.2. The van der Waals surface area contributed by atoms with E-state index < -0.39 is 18.5 Å². The minimum absolute atomic E-state index is 0.160. The average molecular weight is 471 g/mol. The van der Waals surface area contributed by atoms with E-state index in [4.69, 9.17) is 4.43 Å². The van der Waals surface area contributed by atoms with Gasteiger partial charge in [-0.3, -0.25) is 0 Å². The Hall–Kier alpha value is -0.233. The van der Waals surface area contributed by atoms with Crippen LogP contribution in [0.3, 0.4) is 0 Å². The molecule has 0 spiro atoms. The van der Waals surface area contributed by atoms with Gasteiger partial charge in [-0.25, -0.2) is 8.96 Å². The van der Waals surface area contributed by atoms with Crippen molar-refractivity contribution in [3.8, 4) is 0 Å². The average Bonchev–Trinajstić information content (AvgIpc) is 2.86. The van der Waals surface area contributed by atoms with Crippen LogP contribution >= 0.6 is 22.6 Å². The van der Waals surface area contributed by atoms with Crippen molar-refractivity contribution in [2.24, 2.45) is 0 Å². The smallest absolute Gasteiger partial charge is 0.308 e. The minimum Gasteiger partial charge on any atom is -0.413 e. The molecule has 0 N–H and O–H groups in total. The molecule has 0 aliphatic rings. The molecule has 132 valence electrons. The second-order valence-electron chi connectivity index (χ2n) is 7.00. The third-order valence-electron chi connectivity index (χ3n) is 4.05. The zero-order valence-electron chi connectivity index (χ0n) is 14.8. The summed E-state index contributed by atoms with van der Waals surface area (Å²) in [6.45, 7) is 11.5. The monoisotopic (exact) mass is 471 g/mol. The summed E-state index contributed by atoms with van der Waals surface area (Å²) >= 11 is 2.15. The molecule has 23 heavy (non-hydrogen) atoms. The van der Waals surface area contributed by atoms with Crippen molar-refractivity contribution >= 4 is 44.7 Å². The third kappa shape index (κ3) is 5.12. The molecular formula is C14H26IN3O3SSi. The topological polar surface area (TPSA) is 64.4 Å². The molecule has 0 aliphatic heterocycles. The van der Waals surface area contributed by atoms with Gasteiger partial charge in [-0.1, -0.05) is 20.8 Å². The first-order chi connectivity index (χ1) is 10.3. The summed E-state index contributed by atoms with van der Waals surface area (Å²) in [4.78, 5) is 4.17. The Bertz CT molecular complexity index is 676. The second-order valence-corrected chi connectivity index (χ2v) is 15.0. The summed E-state index contributed by atoms with van der Waals surface area (Å²) in [6, 6.07) is 0. The number of rotatable bonds is 6.